The highest BCUT2D eigenvalue weighted by molar-refractivity contribution is 5.25. The van der Waals surface area contributed by atoms with Gasteiger partial charge in [-0.05, 0) is 44.3 Å². The maximum atomic E-state index is 4.68. The highest BCUT2D eigenvalue weighted by Gasteiger charge is 2.21. The van der Waals surface area contributed by atoms with Gasteiger partial charge in [-0.2, -0.15) is 0 Å². The van der Waals surface area contributed by atoms with Crippen molar-refractivity contribution < 1.29 is 0 Å². The lowest BCUT2D eigenvalue weighted by molar-refractivity contribution is 0.448. The predicted molar refractivity (Wildman–Crippen MR) is 65.7 cm³/mol. The Balaban J connectivity index is 2.32. The number of piperidine rings is 1. The Labute approximate surface area is 97.7 Å². The molecule has 1 aromatic heterocycles. The van der Waals surface area contributed by atoms with Gasteiger partial charge in [-0.3, -0.25) is 0 Å². The number of hydrogen-bond acceptors (Lipinski definition) is 3. The summed E-state index contributed by atoms with van der Waals surface area (Å²) in [6, 6.07) is 0. The Morgan fingerprint density at radius 1 is 1.31 bits per heavy atom. The van der Waals surface area contributed by atoms with E-state index >= 15 is 0 Å². The second kappa shape index (κ2) is 4.91. The molecule has 0 amide bonds. The van der Waals surface area contributed by atoms with E-state index in [4.69, 9.17) is 0 Å². The van der Waals surface area contributed by atoms with Crippen LogP contribution >= 0.6 is 0 Å². The lowest BCUT2D eigenvalue weighted by Gasteiger charge is -2.25. The van der Waals surface area contributed by atoms with Gasteiger partial charge in [0.1, 0.15) is 5.82 Å². The number of nitrogens with one attached hydrogen (secondary N) is 1. The maximum absolute atomic E-state index is 4.68. The van der Waals surface area contributed by atoms with E-state index in [1.165, 1.54) is 24.1 Å². The van der Waals surface area contributed by atoms with Gasteiger partial charge in [0, 0.05) is 12.1 Å². The summed E-state index contributed by atoms with van der Waals surface area (Å²) in [6.07, 6.45) is 4.43. The summed E-state index contributed by atoms with van der Waals surface area (Å²) in [6.45, 7) is 8.66. The highest BCUT2D eigenvalue weighted by atomic mass is 14.9. The number of aromatic nitrogens is 2. The van der Waals surface area contributed by atoms with Gasteiger partial charge in [0.15, 0.2) is 0 Å². The molecular formula is C13H21N3. The van der Waals surface area contributed by atoms with Gasteiger partial charge in [-0.15, -0.1) is 0 Å². The monoisotopic (exact) mass is 219 g/mol. The van der Waals surface area contributed by atoms with Crippen molar-refractivity contribution >= 4 is 0 Å². The minimum Gasteiger partial charge on any atom is -0.317 e. The summed E-state index contributed by atoms with van der Waals surface area (Å²) in [5, 5.41) is 3.40. The summed E-state index contributed by atoms with van der Waals surface area (Å²) in [5.41, 5.74) is 2.63. The summed E-state index contributed by atoms with van der Waals surface area (Å²) >= 11 is 0. The molecule has 1 fully saturated rings. The largest absolute Gasteiger partial charge is 0.317 e. The van der Waals surface area contributed by atoms with Crippen molar-refractivity contribution in [3.05, 3.63) is 23.3 Å². The van der Waals surface area contributed by atoms with E-state index in [2.05, 4.69) is 29.1 Å². The van der Waals surface area contributed by atoms with Crippen molar-refractivity contribution in [1.29, 1.82) is 0 Å². The van der Waals surface area contributed by atoms with Crippen LogP contribution in [0.3, 0.4) is 0 Å². The van der Waals surface area contributed by atoms with Gasteiger partial charge in [0.2, 0.25) is 0 Å². The van der Waals surface area contributed by atoms with Crippen molar-refractivity contribution in [2.24, 2.45) is 0 Å². The maximum Gasteiger partial charge on any atom is 0.125 e. The Hall–Kier alpha value is -0.960. The molecule has 3 heteroatoms. The average molecular weight is 219 g/mol. The lowest BCUT2D eigenvalue weighted by Crippen LogP contribution is -2.28. The fourth-order valence-corrected chi connectivity index (χ4v) is 2.36. The van der Waals surface area contributed by atoms with E-state index in [-0.39, 0.29) is 0 Å². The van der Waals surface area contributed by atoms with Gasteiger partial charge < -0.3 is 5.32 Å². The molecule has 2 rings (SSSR count). The summed E-state index contributed by atoms with van der Waals surface area (Å²) in [4.78, 5) is 9.01. The van der Waals surface area contributed by atoms with E-state index in [0.29, 0.717) is 11.8 Å². The molecule has 0 aromatic carbocycles. The van der Waals surface area contributed by atoms with Crippen LogP contribution in [0, 0.1) is 6.92 Å². The van der Waals surface area contributed by atoms with Gasteiger partial charge in [0.05, 0.1) is 5.69 Å². The summed E-state index contributed by atoms with van der Waals surface area (Å²) in [5.74, 6) is 2.05. The Morgan fingerprint density at radius 2 is 2.00 bits per heavy atom. The first-order valence-corrected chi connectivity index (χ1v) is 6.22. The average Bonchev–Trinajstić information content (AvgIpc) is 2.29. The first kappa shape index (κ1) is 11.5. The smallest absolute Gasteiger partial charge is 0.125 e. The van der Waals surface area contributed by atoms with Crippen LogP contribution in [-0.2, 0) is 0 Å². The number of rotatable bonds is 2. The molecule has 16 heavy (non-hydrogen) atoms. The molecule has 0 aliphatic carbocycles. The Bertz CT molecular complexity index is 354. The molecule has 0 spiro atoms. The fourth-order valence-electron chi connectivity index (χ4n) is 2.36. The van der Waals surface area contributed by atoms with Crippen LogP contribution in [0.4, 0.5) is 0 Å². The van der Waals surface area contributed by atoms with Crippen LogP contribution in [0.2, 0.25) is 0 Å². The molecule has 0 bridgehead atoms. The van der Waals surface area contributed by atoms with E-state index < -0.39 is 0 Å². The SMILES string of the molecule is Cc1ncc(C(C)C)c(C2CCNCC2)n1. The van der Waals surface area contributed by atoms with Crippen molar-refractivity contribution in [3.63, 3.8) is 0 Å². The first-order chi connectivity index (χ1) is 7.68. The van der Waals surface area contributed by atoms with Crippen LogP contribution in [0.15, 0.2) is 6.20 Å². The number of aryl methyl sites for hydroxylation is 1. The molecule has 0 saturated carbocycles. The predicted octanol–water partition coefficient (Wildman–Crippen LogP) is 2.38. The number of hydrogen-bond donors (Lipinski definition) is 1. The third-order valence-electron chi connectivity index (χ3n) is 3.32. The Morgan fingerprint density at radius 3 is 2.62 bits per heavy atom. The van der Waals surface area contributed by atoms with Gasteiger partial charge in [-0.1, -0.05) is 13.8 Å². The minimum atomic E-state index is 0.519. The Kier molecular flexibility index (Phi) is 3.54. The van der Waals surface area contributed by atoms with Crippen molar-refractivity contribution in [1.82, 2.24) is 15.3 Å². The zero-order valence-electron chi connectivity index (χ0n) is 10.5. The first-order valence-electron chi connectivity index (χ1n) is 6.22. The quantitative estimate of drug-likeness (QED) is 0.830. The van der Waals surface area contributed by atoms with E-state index in [9.17, 15) is 0 Å². The molecule has 1 aromatic rings. The fraction of sp³-hybridized carbons (Fsp3) is 0.692. The van der Waals surface area contributed by atoms with Crippen LogP contribution in [0.1, 0.15) is 55.6 Å². The second-order valence-electron chi connectivity index (χ2n) is 4.94. The molecule has 0 unspecified atom stereocenters. The summed E-state index contributed by atoms with van der Waals surface area (Å²) in [7, 11) is 0. The molecule has 0 atom stereocenters. The zero-order chi connectivity index (χ0) is 11.5. The molecule has 1 N–H and O–H groups in total. The van der Waals surface area contributed by atoms with Crippen LogP contribution in [-0.4, -0.2) is 23.1 Å². The van der Waals surface area contributed by atoms with Crippen molar-refractivity contribution in [2.75, 3.05) is 13.1 Å². The molecule has 88 valence electrons. The summed E-state index contributed by atoms with van der Waals surface area (Å²) < 4.78 is 0. The molecule has 0 radical (unpaired) electrons. The number of nitrogens with zero attached hydrogens (tertiary/aromatic N) is 2. The van der Waals surface area contributed by atoms with Crippen LogP contribution in [0.5, 0.6) is 0 Å². The third-order valence-corrected chi connectivity index (χ3v) is 3.32. The normalized spacial score (nSPS) is 18.0. The molecule has 1 saturated heterocycles. The van der Waals surface area contributed by atoms with E-state index in [0.717, 1.165) is 18.9 Å². The third kappa shape index (κ3) is 2.40. The highest BCUT2D eigenvalue weighted by Crippen LogP contribution is 2.29. The lowest BCUT2D eigenvalue weighted by atomic mass is 9.88. The minimum absolute atomic E-state index is 0.519. The molecule has 1 aliphatic heterocycles. The molecule has 2 heterocycles. The second-order valence-corrected chi connectivity index (χ2v) is 4.94. The zero-order valence-corrected chi connectivity index (χ0v) is 10.5. The van der Waals surface area contributed by atoms with Gasteiger partial charge in [0.25, 0.3) is 0 Å². The molecule has 1 aliphatic rings. The van der Waals surface area contributed by atoms with Crippen molar-refractivity contribution in [2.45, 2.75) is 45.4 Å². The molecule has 3 nitrogen and oxygen atoms in total. The van der Waals surface area contributed by atoms with Gasteiger partial charge >= 0.3 is 0 Å². The standard InChI is InChI=1S/C13H21N3/c1-9(2)12-8-15-10(3)16-13(12)11-4-6-14-7-5-11/h8-9,11,14H,4-7H2,1-3H3. The van der Waals surface area contributed by atoms with Crippen molar-refractivity contribution in [3.8, 4) is 0 Å². The topological polar surface area (TPSA) is 37.8 Å². The van der Waals surface area contributed by atoms with E-state index in [1.807, 2.05) is 13.1 Å². The van der Waals surface area contributed by atoms with E-state index in [1.54, 1.807) is 0 Å². The van der Waals surface area contributed by atoms with Crippen LogP contribution < -0.4 is 5.32 Å². The van der Waals surface area contributed by atoms with Gasteiger partial charge in [-0.25, -0.2) is 9.97 Å². The molecular weight excluding hydrogens is 198 g/mol. The van der Waals surface area contributed by atoms with Crippen LogP contribution in [0.25, 0.3) is 0 Å².